The smallest absolute Gasteiger partial charge is 0.261 e. The second-order valence-electron chi connectivity index (χ2n) is 5.61. The Labute approximate surface area is 156 Å². The molecule has 0 saturated carbocycles. The van der Waals surface area contributed by atoms with Crippen LogP contribution in [0.5, 0.6) is 17.2 Å². The molecule has 2 aromatic carbocycles. The molecule has 0 aliphatic rings. The highest BCUT2D eigenvalue weighted by Gasteiger charge is 2.17. The van der Waals surface area contributed by atoms with Gasteiger partial charge in [0, 0.05) is 4.47 Å². The van der Waals surface area contributed by atoms with Gasteiger partial charge in [0.1, 0.15) is 23.9 Å². The molecule has 1 amide bonds. The quantitative estimate of drug-likeness (QED) is 0.722. The largest absolute Gasteiger partial charge is 0.497 e. The number of hydrogen-bond acceptors (Lipinski definition) is 4. The van der Waals surface area contributed by atoms with Crippen LogP contribution < -0.4 is 19.5 Å². The summed E-state index contributed by atoms with van der Waals surface area (Å²) in [7, 11) is 1.62. The van der Waals surface area contributed by atoms with Crippen molar-refractivity contribution in [3.05, 3.63) is 53.0 Å². The summed E-state index contributed by atoms with van der Waals surface area (Å²) in [6.07, 6.45) is -0.593. The molecular formula is C19H22BrNO4. The van der Waals surface area contributed by atoms with Crippen LogP contribution in [0.1, 0.15) is 13.8 Å². The van der Waals surface area contributed by atoms with Crippen molar-refractivity contribution < 1.29 is 19.0 Å². The molecule has 2 aromatic rings. The Kier molecular flexibility index (Phi) is 7.13. The van der Waals surface area contributed by atoms with Gasteiger partial charge in [-0.05, 0) is 62.4 Å². The highest BCUT2D eigenvalue weighted by atomic mass is 79.9. The summed E-state index contributed by atoms with van der Waals surface area (Å²) in [6.45, 7) is 3.96. The number of halogens is 1. The molecule has 2 atom stereocenters. The molecule has 0 aliphatic carbocycles. The van der Waals surface area contributed by atoms with Gasteiger partial charge in [-0.2, -0.15) is 0 Å². The fourth-order valence-corrected chi connectivity index (χ4v) is 2.33. The molecule has 0 fully saturated rings. The molecule has 0 spiro atoms. The van der Waals surface area contributed by atoms with Crippen molar-refractivity contribution in [1.29, 1.82) is 0 Å². The van der Waals surface area contributed by atoms with Crippen molar-refractivity contribution in [1.82, 2.24) is 5.32 Å². The van der Waals surface area contributed by atoms with Gasteiger partial charge in [0.15, 0.2) is 6.10 Å². The zero-order valence-electron chi connectivity index (χ0n) is 14.5. The molecule has 25 heavy (non-hydrogen) atoms. The maximum Gasteiger partial charge on any atom is 0.261 e. The summed E-state index contributed by atoms with van der Waals surface area (Å²) in [6, 6.07) is 14.5. The summed E-state index contributed by atoms with van der Waals surface area (Å²) in [5.41, 5.74) is 0. The van der Waals surface area contributed by atoms with Gasteiger partial charge >= 0.3 is 0 Å². The minimum atomic E-state index is -0.593. The predicted octanol–water partition coefficient (Wildman–Crippen LogP) is 3.81. The van der Waals surface area contributed by atoms with Crippen molar-refractivity contribution in [2.75, 3.05) is 13.7 Å². The lowest BCUT2D eigenvalue weighted by Crippen LogP contribution is -2.43. The van der Waals surface area contributed by atoms with Crippen LogP contribution in [-0.4, -0.2) is 31.8 Å². The first-order valence-corrected chi connectivity index (χ1v) is 8.76. The number of carbonyl (C=O) groups excluding carboxylic acids is 1. The van der Waals surface area contributed by atoms with E-state index in [-0.39, 0.29) is 11.9 Å². The van der Waals surface area contributed by atoms with E-state index in [9.17, 15) is 4.79 Å². The molecule has 0 bridgehead atoms. The van der Waals surface area contributed by atoms with E-state index in [2.05, 4.69) is 21.2 Å². The van der Waals surface area contributed by atoms with E-state index in [1.807, 2.05) is 55.5 Å². The summed E-state index contributed by atoms with van der Waals surface area (Å²) >= 11 is 3.36. The zero-order valence-corrected chi connectivity index (χ0v) is 16.1. The van der Waals surface area contributed by atoms with E-state index >= 15 is 0 Å². The average molecular weight is 408 g/mol. The van der Waals surface area contributed by atoms with Crippen molar-refractivity contribution >= 4 is 21.8 Å². The van der Waals surface area contributed by atoms with E-state index in [1.165, 1.54) is 0 Å². The Morgan fingerprint density at radius 1 is 1.00 bits per heavy atom. The number of benzene rings is 2. The Morgan fingerprint density at radius 2 is 1.56 bits per heavy atom. The Balaban J connectivity index is 1.77. The van der Waals surface area contributed by atoms with Crippen LogP contribution in [-0.2, 0) is 4.79 Å². The lowest BCUT2D eigenvalue weighted by Gasteiger charge is -2.19. The SMILES string of the molecule is COc1ccc(OC[C@@H](C)NC(=O)[C@H](C)Oc2ccc(Br)cc2)cc1. The number of hydrogen-bond donors (Lipinski definition) is 1. The average Bonchev–Trinajstić information content (AvgIpc) is 2.62. The number of carbonyl (C=O) groups is 1. The van der Waals surface area contributed by atoms with Crippen molar-refractivity contribution in [2.24, 2.45) is 0 Å². The standard InChI is InChI=1S/C19H22BrNO4/c1-13(12-24-17-10-8-16(23-3)9-11-17)21-19(22)14(2)25-18-6-4-15(20)5-7-18/h4-11,13-14H,12H2,1-3H3,(H,21,22)/t13-,14+/m1/s1. The molecule has 134 valence electrons. The van der Waals surface area contributed by atoms with Gasteiger partial charge in [-0.15, -0.1) is 0 Å². The van der Waals surface area contributed by atoms with Crippen molar-refractivity contribution in [3.8, 4) is 17.2 Å². The highest BCUT2D eigenvalue weighted by Crippen LogP contribution is 2.18. The molecule has 1 N–H and O–H groups in total. The minimum Gasteiger partial charge on any atom is -0.497 e. The summed E-state index contributed by atoms with van der Waals surface area (Å²) < 4.78 is 17.4. The van der Waals surface area contributed by atoms with Gasteiger partial charge < -0.3 is 19.5 Å². The molecule has 0 saturated heterocycles. The first-order chi connectivity index (χ1) is 12.0. The van der Waals surface area contributed by atoms with Crippen molar-refractivity contribution in [2.45, 2.75) is 26.0 Å². The number of rotatable bonds is 8. The van der Waals surface area contributed by atoms with Crippen LogP contribution in [0.3, 0.4) is 0 Å². The third kappa shape index (κ3) is 6.31. The first kappa shape index (κ1) is 19.1. The molecule has 6 heteroatoms. The maximum atomic E-state index is 12.2. The van der Waals surface area contributed by atoms with E-state index in [0.29, 0.717) is 12.4 Å². The summed E-state index contributed by atoms with van der Waals surface area (Å²) in [5.74, 6) is 1.95. The summed E-state index contributed by atoms with van der Waals surface area (Å²) in [4.78, 5) is 12.2. The molecule has 2 rings (SSSR count). The fourth-order valence-electron chi connectivity index (χ4n) is 2.07. The van der Waals surface area contributed by atoms with Gasteiger partial charge in [-0.3, -0.25) is 4.79 Å². The molecule has 0 radical (unpaired) electrons. The lowest BCUT2D eigenvalue weighted by atomic mass is 10.3. The number of amides is 1. The van der Waals surface area contributed by atoms with Gasteiger partial charge in [0.05, 0.1) is 13.2 Å². The Hall–Kier alpha value is -2.21. The molecule has 5 nitrogen and oxygen atoms in total. The van der Waals surface area contributed by atoms with Crippen LogP contribution in [0.2, 0.25) is 0 Å². The van der Waals surface area contributed by atoms with Crippen LogP contribution in [0.15, 0.2) is 53.0 Å². The van der Waals surface area contributed by atoms with Gasteiger partial charge in [-0.25, -0.2) is 0 Å². The normalized spacial score (nSPS) is 12.8. The van der Waals surface area contributed by atoms with Gasteiger partial charge in [0.25, 0.3) is 5.91 Å². The maximum absolute atomic E-state index is 12.2. The van der Waals surface area contributed by atoms with E-state index < -0.39 is 6.10 Å². The van der Waals surface area contributed by atoms with Crippen LogP contribution in [0.4, 0.5) is 0 Å². The molecule has 0 unspecified atom stereocenters. The van der Waals surface area contributed by atoms with Crippen LogP contribution in [0, 0.1) is 0 Å². The zero-order chi connectivity index (χ0) is 18.2. The summed E-state index contributed by atoms with van der Waals surface area (Å²) in [5, 5.41) is 2.88. The van der Waals surface area contributed by atoms with Gasteiger partial charge in [-0.1, -0.05) is 15.9 Å². The van der Waals surface area contributed by atoms with Gasteiger partial charge in [0.2, 0.25) is 0 Å². The van der Waals surface area contributed by atoms with E-state index in [4.69, 9.17) is 14.2 Å². The number of nitrogens with one attached hydrogen (secondary N) is 1. The monoisotopic (exact) mass is 407 g/mol. The molecule has 0 heterocycles. The van der Waals surface area contributed by atoms with E-state index in [1.54, 1.807) is 14.0 Å². The molecule has 0 aromatic heterocycles. The highest BCUT2D eigenvalue weighted by molar-refractivity contribution is 9.10. The third-order valence-corrected chi connectivity index (χ3v) is 3.97. The first-order valence-electron chi connectivity index (χ1n) is 7.97. The molecular weight excluding hydrogens is 386 g/mol. The Morgan fingerprint density at radius 3 is 2.16 bits per heavy atom. The third-order valence-electron chi connectivity index (χ3n) is 3.44. The Bertz CT molecular complexity index is 673. The minimum absolute atomic E-state index is 0.148. The number of methoxy groups -OCH3 is 1. The van der Waals surface area contributed by atoms with E-state index in [0.717, 1.165) is 16.0 Å². The molecule has 0 aliphatic heterocycles. The lowest BCUT2D eigenvalue weighted by molar-refractivity contribution is -0.128. The number of ether oxygens (including phenoxy) is 3. The topological polar surface area (TPSA) is 56.8 Å². The fraction of sp³-hybridized carbons (Fsp3) is 0.316. The predicted molar refractivity (Wildman–Crippen MR) is 100 cm³/mol. The second-order valence-corrected chi connectivity index (χ2v) is 6.53. The van der Waals surface area contributed by atoms with Crippen molar-refractivity contribution in [3.63, 3.8) is 0 Å². The van der Waals surface area contributed by atoms with Crippen LogP contribution >= 0.6 is 15.9 Å². The van der Waals surface area contributed by atoms with Crippen LogP contribution in [0.25, 0.3) is 0 Å². The second kappa shape index (κ2) is 9.32.